The van der Waals surface area contributed by atoms with Crippen LogP contribution >= 0.6 is 0 Å². The lowest BCUT2D eigenvalue weighted by molar-refractivity contribution is -0.116. The number of nitrogens with two attached hydrogens (primary N) is 4. The first-order valence-electron chi connectivity index (χ1n) is 14.0. The Morgan fingerprint density at radius 3 is 0.296 bits per heavy atom. The lowest BCUT2D eigenvalue weighted by Gasteiger charge is -2.50. The molecule has 0 bridgehead atoms. The SMILES string of the molecule is C.C.C.C.C.C.C.C.C.C.C.C.C.C.C.C.C.C.C.C.C.C.C.C.C.C.C.C.C.C.C.C.C.C.C.C.C.C.C.C.C.C.C.C.C.C.C.C.C.C.C.CC(N)=O.CC(N)=O.CC(N)=O.CC(N)=O.[B][B]B([B])B(B([B])[B])B(B(B([B])[B])B([B])[B])B(B(B([B])[B])B([B])[B])B(B([B])[B])B([B])[B]. The van der Waals surface area contributed by atoms with E-state index in [1.807, 2.05) is 0 Å². The monoisotopic (exact) mass is 1400 g/mol. The zero-order valence-electron chi connectivity index (χ0n) is 27.8. The van der Waals surface area contributed by atoms with Gasteiger partial charge in [-0.1, -0.05) is 379 Å². The molecule has 4 amide bonds. The fourth-order valence-corrected chi connectivity index (χ4v) is 4.75. The van der Waals surface area contributed by atoms with Crippen molar-refractivity contribution < 1.29 is 19.2 Å². The molecule has 0 aromatic heterocycles. The lowest BCUT2D eigenvalue weighted by Crippen LogP contribution is -2.89. The van der Waals surface area contributed by atoms with E-state index in [1.165, 1.54) is 34.8 Å². The average molecular weight is 1390 g/mol. The predicted molar refractivity (Wildman–Crippen MR) is 581 cm³/mol. The van der Waals surface area contributed by atoms with Gasteiger partial charge in [0.15, 0.2) is 0 Å². The Hall–Kier alpha value is -0.107. The molecule has 0 aliphatic rings. The van der Waals surface area contributed by atoms with Gasteiger partial charge in [-0.05, 0) is 0 Å². The van der Waals surface area contributed by atoms with Gasteiger partial charge in [0, 0.05) is 248 Å². The fourth-order valence-electron chi connectivity index (χ4n) is 4.75. The first-order valence-corrected chi connectivity index (χ1v) is 14.0. The Morgan fingerprint density at radius 2 is 0.245 bits per heavy atom. The maximum Gasteiger partial charge on any atom is 0.214 e. The minimum atomic E-state index is -1.07. The van der Waals surface area contributed by atoms with Crippen molar-refractivity contribution in [1.29, 1.82) is 0 Å². The quantitative estimate of drug-likeness (QED) is 0.127. The maximum atomic E-state index is 9.22. The van der Waals surface area contributed by atoms with Crippen molar-refractivity contribution in [3.8, 4) is 0 Å². The average Bonchev–Trinajstić information content (AvgIpc) is 2.79. The first-order chi connectivity index (χ1) is 21.0. The van der Waals surface area contributed by atoms with E-state index in [0.29, 0.717) is 0 Å². The molecule has 0 aliphatic heterocycles. The Balaban J connectivity index is -0.00000000448. The number of amides is 4. The summed E-state index contributed by atoms with van der Waals surface area (Å²) >= 11 is 0. The number of rotatable bonds is 14. The fraction of sp³-hybridized carbons (Fsp3) is 0.932. The van der Waals surface area contributed by atoms with E-state index < -0.39 is 89.4 Å². The van der Waals surface area contributed by atoms with Crippen molar-refractivity contribution in [2.45, 2.75) is 406 Å². The summed E-state index contributed by atoms with van der Waals surface area (Å²) in [4.78, 5) is 36.9. The van der Waals surface area contributed by atoms with Crippen LogP contribution in [-0.4, -0.2) is 244 Å². The molecule has 0 aliphatic carbocycles. The molecule has 0 saturated heterocycles. The largest absolute Gasteiger partial charge is 0.370 e. The number of carbonyl (C=O) groups is 4. The third kappa shape index (κ3) is 297. The summed E-state index contributed by atoms with van der Waals surface area (Å²) in [6.07, 6.45) is -13.4. The minimum absolute atomic E-state index is 0. The third-order valence-corrected chi connectivity index (χ3v) is 6.00. The Bertz CT molecular complexity index is 806. The molecule has 33 radical (unpaired) electrons. The van der Waals surface area contributed by atoms with Crippen LogP contribution in [0, 0.1) is 0 Å². The van der Waals surface area contributed by atoms with Gasteiger partial charge in [-0.3, -0.25) is 19.2 Å². The van der Waals surface area contributed by atoms with E-state index in [-0.39, 0.29) is 402 Å². The number of hydrogen-bond donors (Lipinski definition) is 4. The molecule has 0 heterocycles. The standard InChI is InChI=1S/4C2H5NO.51CH4.B31/c4*1-2(3)4;;;;;;;;;;;;;;;;;;;;;;;;;;;;;;;;;;;;;;;;;;;;;;;;;;;;1-17-25(16)29(24(14)15)31(28(22(10)11)23(12)13)30(26(18(2)3)19(4)5)27(20(6)7)21(8)9/h4*1H3,(H2,3,4);51*1H4;. The summed E-state index contributed by atoms with van der Waals surface area (Å²) in [6, 6.07) is 0. The second-order valence-corrected chi connectivity index (χ2v) is 10.7. The number of primary amides is 4. The Morgan fingerprint density at radius 1 is 0.184 bits per heavy atom. The molecule has 597 valence electrons. The summed E-state index contributed by atoms with van der Waals surface area (Å²) in [5.74, 6) is -1.33. The van der Waals surface area contributed by atoms with Crippen molar-refractivity contribution in [2.75, 3.05) is 0 Å². The van der Waals surface area contributed by atoms with E-state index in [1.54, 1.807) is 0 Å². The second-order valence-electron chi connectivity index (χ2n) is 10.7. The summed E-state index contributed by atoms with van der Waals surface area (Å²) < 4.78 is 0. The van der Waals surface area contributed by atoms with Crippen LogP contribution in [0.25, 0.3) is 0 Å². The molecule has 0 saturated carbocycles. The smallest absolute Gasteiger partial charge is 0.214 e. The molecular weight excluding hydrogens is 1160 g/mol. The van der Waals surface area contributed by atoms with Crippen molar-refractivity contribution in [2.24, 2.45) is 22.9 Å². The zero-order chi connectivity index (χ0) is 39.1. The van der Waals surface area contributed by atoms with Gasteiger partial charge in [-0.15, -0.1) is 0 Å². The highest BCUT2D eigenvalue weighted by Gasteiger charge is 2.52. The third-order valence-electron chi connectivity index (χ3n) is 6.00. The van der Waals surface area contributed by atoms with Crippen LogP contribution in [0.2, 0.25) is 0 Å². The highest BCUT2D eigenvalue weighted by Crippen LogP contribution is 2.14. The van der Waals surface area contributed by atoms with Crippen molar-refractivity contribution in [1.82, 2.24) is 0 Å². The molecule has 8 N–H and O–H groups in total. The highest BCUT2D eigenvalue weighted by molar-refractivity contribution is 8.28. The molecule has 0 unspecified atom stereocenters. The van der Waals surface area contributed by atoms with Crippen LogP contribution in [0.4, 0.5) is 0 Å². The lowest BCUT2D eigenvalue weighted by atomic mass is 8.31. The molecule has 98 heavy (non-hydrogen) atoms. The zero-order valence-corrected chi connectivity index (χ0v) is 27.8. The molecule has 0 spiro atoms. The van der Waals surface area contributed by atoms with E-state index in [2.05, 4.69) is 22.9 Å². The van der Waals surface area contributed by atoms with Gasteiger partial charge in [-0.25, -0.2) is 0 Å². The molecular formula is C59H224B31N4O4. The Kier molecular flexibility index (Phi) is 1580. The second kappa shape index (κ2) is 296. The van der Waals surface area contributed by atoms with Crippen LogP contribution in [0.5, 0.6) is 0 Å². The maximum absolute atomic E-state index is 9.22. The van der Waals surface area contributed by atoms with Gasteiger partial charge < -0.3 is 22.9 Å². The van der Waals surface area contributed by atoms with Crippen molar-refractivity contribution in [3.63, 3.8) is 0 Å². The van der Waals surface area contributed by atoms with Gasteiger partial charge in [0.25, 0.3) is 0 Å². The van der Waals surface area contributed by atoms with Crippen molar-refractivity contribution >= 4 is 244 Å². The number of hydrogen-bond acceptors (Lipinski definition) is 4. The van der Waals surface area contributed by atoms with E-state index in [9.17, 15) is 19.2 Å². The molecule has 0 aromatic carbocycles. The predicted octanol–water partition coefficient (Wildman–Crippen LogP) is 18.6. The summed E-state index contributed by atoms with van der Waals surface area (Å²) in [5.41, 5.74) is 17.9. The normalized spacial score (nSPS) is 4.00. The topological polar surface area (TPSA) is 172 Å². The molecule has 8 nitrogen and oxygen atoms in total. The number of carbonyl (C=O) groups excluding carboxylic acids is 4. The molecule has 0 atom stereocenters. The molecule has 0 rings (SSSR count). The molecule has 0 fully saturated rings. The summed E-state index contributed by atoms with van der Waals surface area (Å²) in [5, 5.41) is 0. The molecule has 0 aromatic rings. The molecule has 39 heteroatoms. The summed E-state index contributed by atoms with van der Waals surface area (Å²) in [7, 11) is 98.1. The minimum Gasteiger partial charge on any atom is -0.370 e. The van der Waals surface area contributed by atoms with Crippen LogP contribution in [0.1, 0.15) is 406 Å². The highest BCUT2D eigenvalue weighted by atomic mass is 16.2. The van der Waals surface area contributed by atoms with Crippen LogP contribution in [-0.2, 0) is 19.2 Å². The van der Waals surface area contributed by atoms with Crippen molar-refractivity contribution in [3.05, 3.63) is 0 Å². The first kappa shape index (κ1) is 524. The van der Waals surface area contributed by atoms with Gasteiger partial charge >= 0.3 is 0 Å². The van der Waals surface area contributed by atoms with E-state index in [0.717, 1.165) is 0 Å². The van der Waals surface area contributed by atoms with Gasteiger partial charge in [-0.2, -0.15) is 0 Å². The Labute approximate surface area is 688 Å². The van der Waals surface area contributed by atoms with E-state index in [4.69, 9.17) is 124 Å². The van der Waals surface area contributed by atoms with Crippen LogP contribution in [0.15, 0.2) is 0 Å². The van der Waals surface area contributed by atoms with Crippen LogP contribution in [0.3, 0.4) is 0 Å². The van der Waals surface area contributed by atoms with Gasteiger partial charge in [0.2, 0.25) is 23.6 Å². The van der Waals surface area contributed by atoms with Gasteiger partial charge in [0.1, 0.15) is 0 Å². The van der Waals surface area contributed by atoms with Crippen LogP contribution < -0.4 is 22.9 Å². The summed E-state index contributed by atoms with van der Waals surface area (Å²) in [6.45, 7) is 5.22. The van der Waals surface area contributed by atoms with Gasteiger partial charge in [0.05, 0.1) is 0 Å². The van der Waals surface area contributed by atoms with E-state index >= 15 is 0 Å².